The van der Waals surface area contributed by atoms with E-state index in [0.29, 0.717) is 13.2 Å². The van der Waals surface area contributed by atoms with Gasteiger partial charge in [-0.2, -0.15) is 0 Å². The maximum absolute atomic E-state index is 10.9. The van der Waals surface area contributed by atoms with Gasteiger partial charge in [-0.1, -0.05) is 6.08 Å². The minimum Gasteiger partial charge on any atom is -0.463 e. The maximum Gasteiger partial charge on any atom is 0.330 e. The molecule has 1 aromatic rings. The van der Waals surface area contributed by atoms with Gasteiger partial charge in [0.1, 0.15) is 0 Å². The largest absolute Gasteiger partial charge is 0.463 e. The minimum absolute atomic E-state index is 0.281. The predicted molar refractivity (Wildman–Crippen MR) is 66.5 cm³/mol. The molecule has 0 bridgehead atoms. The fourth-order valence-corrected chi connectivity index (χ4v) is 2.06. The molecule has 0 aliphatic rings. The van der Waals surface area contributed by atoms with E-state index < -0.39 is 0 Å². The van der Waals surface area contributed by atoms with Gasteiger partial charge in [-0.15, -0.1) is 11.3 Å². The van der Waals surface area contributed by atoms with Crippen molar-refractivity contribution in [1.29, 1.82) is 0 Å². The average molecular weight is 239 g/mol. The summed E-state index contributed by atoms with van der Waals surface area (Å²) >= 11 is 1.78. The highest BCUT2D eigenvalue weighted by molar-refractivity contribution is 7.11. The van der Waals surface area contributed by atoms with Crippen molar-refractivity contribution in [2.24, 2.45) is 0 Å². The monoisotopic (exact) mass is 239 g/mol. The standard InChI is InChI=1S/C12H17NO2S/c1-3-15-12(14)5-4-8-13-9-11-7-6-10(2)16-11/h4-7,13H,3,8-9H2,1-2H3/b5-4+. The van der Waals surface area contributed by atoms with Gasteiger partial charge >= 0.3 is 5.97 Å². The minimum atomic E-state index is -0.281. The smallest absolute Gasteiger partial charge is 0.330 e. The molecular weight excluding hydrogens is 222 g/mol. The Hall–Kier alpha value is -1.13. The van der Waals surface area contributed by atoms with Gasteiger partial charge in [-0.3, -0.25) is 0 Å². The Kier molecular flexibility index (Phi) is 5.82. The van der Waals surface area contributed by atoms with Crippen LogP contribution in [0.1, 0.15) is 16.7 Å². The first-order valence-corrected chi connectivity index (χ1v) is 6.13. The lowest BCUT2D eigenvalue weighted by atomic mass is 10.4. The van der Waals surface area contributed by atoms with E-state index in [4.69, 9.17) is 4.74 Å². The van der Waals surface area contributed by atoms with Crippen LogP contribution in [0.25, 0.3) is 0 Å². The molecule has 1 heterocycles. The molecule has 1 N–H and O–H groups in total. The fourth-order valence-electron chi connectivity index (χ4n) is 1.20. The summed E-state index contributed by atoms with van der Waals surface area (Å²) in [4.78, 5) is 13.6. The summed E-state index contributed by atoms with van der Waals surface area (Å²) in [5.74, 6) is -0.281. The lowest BCUT2D eigenvalue weighted by molar-refractivity contribution is -0.137. The van der Waals surface area contributed by atoms with Gasteiger partial charge in [0, 0.05) is 28.9 Å². The van der Waals surface area contributed by atoms with E-state index in [0.717, 1.165) is 6.54 Å². The molecule has 0 saturated carbocycles. The summed E-state index contributed by atoms with van der Waals surface area (Å²) in [5, 5.41) is 3.23. The Morgan fingerprint density at radius 2 is 2.38 bits per heavy atom. The molecule has 0 saturated heterocycles. The van der Waals surface area contributed by atoms with Gasteiger partial charge in [0.05, 0.1) is 6.61 Å². The Morgan fingerprint density at radius 1 is 1.56 bits per heavy atom. The van der Waals surface area contributed by atoms with E-state index in [1.165, 1.54) is 15.8 Å². The summed E-state index contributed by atoms with van der Waals surface area (Å²) in [6.07, 6.45) is 3.23. The van der Waals surface area contributed by atoms with E-state index in [9.17, 15) is 4.79 Å². The molecule has 0 fully saturated rings. The zero-order valence-electron chi connectivity index (χ0n) is 9.66. The fraction of sp³-hybridized carbons (Fsp3) is 0.417. The van der Waals surface area contributed by atoms with Crippen molar-refractivity contribution < 1.29 is 9.53 Å². The zero-order chi connectivity index (χ0) is 11.8. The first-order chi connectivity index (χ1) is 7.72. The van der Waals surface area contributed by atoms with E-state index in [1.807, 2.05) is 0 Å². The summed E-state index contributed by atoms with van der Waals surface area (Å²) in [7, 11) is 0. The van der Waals surface area contributed by atoms with Crippen LogP contribution in [-0.2, 0) is 16.1 Å². The Labute approximate surface area is 100 Å². The second-order valence-corrected chi connectivity index (χ2v) is 4.67. The Balaban J connectivity index is 2.14. The van der Waals surface area contributed by atoms with Crippen LogP contribution in [0.5, 0.6) is 0 Å². The van der Waals surface area contributed by atoms with Crippen molar-refractivity contribution in [1.82, 2.24) is 5.32 Å². The normalized spacial score (nSPS) is 10.9. The quantitative estimate of drug-likeness (QED) is 0.470. The first kappa shape index (κ1) is 12.9. The number of hydrogen-bond acceptors (Lipinski definition) is 4. The molecule has 0 spiro atoms. The maximum atomic E-state index is 10.9. The van der Waals surface area contributed by atoms with Crippen molar-refractivity contribution in [2.45, 2.75) is 20.4 Å². The molecule has 0 amide bonds. The first-order valence-electron chi connectivity index (χ1n) is 5.31. The Bertz CT molecular complexity index is 358. The molecule has 0 radical (unpaired) electrons. The van der Waals surface area contributed by atoms with Crippen molar-refractivity contribution in [3.05, 3.63) is 34.0 Å². The van der Waals surface area contributed by atoms with Crippen LogP contribution in [0.3, 0.4) is 0 Å². The summed E-state index contributed by atoms with van der Waals surface area (Å²) in [6, 6.07) is 4.22. The molecular formula is C12H17NO2S. The van der Waals surface area contributed by atoms with Gasteiger partial charge < -0.3 is 10.1 Å². The third-order valence-corrected chi connectivity index (χ3v) is 2.90. The molecule has 0 unspecified atom stereocenters. The van der Waals surface area contributed by atoms with Crippen LogP contribution in [-0.4, -0.2) is 19.1 Å². The van der Waals surface area contributed by atoms with Crippen molar-refractivity contribution in [3.63, 3.8) is 0 Å². The van der Waals surface area contributed by atoms with Crippen LogP contribution in [0.4, 0.5) is 0 Å². The average Bonchev–Trinajstić information content (AvgIpc) is 2.64. The second-order valence-electron chi connectivity index (χ2n) is 3.30. The topological polar surface area (TPSA) is 38.3 Å². The van der Waals surface area contributed by atoms with Crippen molar-refractivity contribution in [3.8, 4) is 0 Å². The molecule has 1 aromatic heterocycles. The molecule has 1 rings (SSSR count). The number of aryl methyl sites for hydroxylation is 1. The molecule has 16 heavy (non-hydrogen) atoms. The van der Waals surface area contributed by atoms with E-state index in [-0.39, 0.29) is 5.97 Å². The van der Waals surface area contributed by atoms with E-state index >= 15 is 0 Å². The lowest BCUT2D eigenvalue weighted by Crippen LogP contribution is -2.12. The van der Waals surface area contributed by atoms with Crippen LogP contribution in [0.15, 0.2) is 24.3 Å². The predicted octanol–water partition coefficient (Wildman–Crippen LogP) is 2.27. The SMILES string of the molecule is CCOC(=O)/C=C/CNCc1ccc(C)s1. The van der Waals surface area contributed by atoms with Crippen LogP contribution >= 0.6 is 11.3 Å². The number of thiophene rings is 1. The van der Waals surface area contributed by atoms with Crippen LogP contribution < -0.4 is 5.32 Å². The van der Waals surface area contributed by atoms with Crippen molar-refractivity contribution in [2.75, 3.05) is 13.2 Å². The van der Waals surface area contributed by atoms with Crippen LogP contribution in [0.2, 0.25) is 0 Å². The summed E-state index contributed by atoms with van der Waals surface area (Å²) in [6.45, 7) is 5.82. The molecule has 88 valence electrons. The van der Waals surface area contributed by atoms with Gasteiger partial charge in [-0.25, -0.2) is 4.79 Å². The van der Waals surface area contributed by atoms with Gasteiger partial charge in [-0.05, 0) is 26.0 Å². The van der Waals surface area contributed by atoms with Gasteiger partial charge in [0.15, 0.2) is 0 Å². The number of rotatable bonds is 6. The second kappa shape index (κ2) is 7.19. The third-order valence-electron chi connectivity index (χ3n) is 1.90. The number of carbonyl (C=O) groups excluding carboxylic acids is 1. The molecule has 0 aromatic carbocycles. The zero-order valence-corrected chi connectivity index (χ0v) is 10.5. The van der Waals surface area contributed by atoms with Crippen molar-refractivity contribution >= 4 is 17.3 Å². The highest BCUT2D eigenvalue weighted by Gasteiger charge is 1.95. The molecule has 4 heteroatoms. The number of ether oxygens (including phenoxy) is 1. The summed E-state index contributed by atoms with van der Waals surface area (Å²) < 4.78 is 4.76. The highest BCUT2D eigenvalue weighted by atomic mass is 32.1. The molecule has 3 nitrogen and oxygen atoms in total. The number of carbonyl (C=O) groups is 1. The van der Waals surface area contributed by atoms with E-state index in [1.54, 1.807) is 24.3 Å². The molecule has 0 atom stereocenters. The highest BCUT2D eigenvalue weighted by Crippen LogP contribution is 2.14. The summed E-state index contributed by atoms with van der Waals surface area (Å²) in [5.41, 5.74) is 0. The number of esters is 1. The molecule has 0 aliphatic carbocycles. The number of hydrogen-bond donors (Lipinski definition) is 1. The Morgan fingerprint density at radius 3 is 3.00 bits per heavy atom. The van der Waals surface area contributed by atoms with Gasteiger partial charge in [0.25, 0.3) is 0 Å². The van der Waals surface area contributed by atoms with E-state index in [2.05, 4.69) is 24.4 Å². The lowest BCUT2D eigenvalue weighted by Gasteiger charge is -1.98. The molecule has 0 aliphatic heterocycles. The van der Waals surface area contributed by atoms with Gasteiger partial charge in [0.2, 0.25) is 0 Å². The third kappa shape index (κ3) is 5.09. The van der Waals surface area contributed by atoms with Crippen LogP contribution in [0, 0.1) is 6.92 Å². The number of nitrogens with one attached hydrogen (secondary N) is 1.